The predicted molar refractivity (Wildman–Crippen MR) is 57.6 cm³/mol. The predicted octanol–water partition coefficient (Wildman–Crippen LogP) is 2.80. The van der Waals surface area contributed by atoms with Crippen molar-refractivity contribution in [2.45, 2.75) is 44.2 Å². The number of rotatable bonds is 2. The third-order valence-corrected chi connectivity index (χ3v) is 3.61. The number of fused-ring (bicyclic) bond motifs is 1. The molecule has 0 aliphatic heterocycles. The number of halogens is 1. The van der Waals surface area contributed by atoms with Crippen molar-refractivity contribution in [2.24, 2.45) is 0 Å². The molecule has 2 aliphatic rings. The molecule has 1 saturated carbocycles. The number of aromatic nitrogens is 1. The van der Waals surface area contributed by atoms with Gasteiger partial charge >= 0.3 is 0 Å². The highest BCUT2D eigenvalue weighted by atomic mass is 35.5. The van der Waals surface area contributed by atoms with Crippen LogP contribution in [0, 0.1) is 0 Å². The first-order chi connectivity index (χ1) is 6.84. The third kappa shape index (κ3) is 1.47. The quantitative estimate of drug-likeness (QED) is 0.772. The van der Waals surface area contributed by atoms with Gasteiger partial charge in [-0.3, -0.25) is 0 Å². The summed E-state index contributed by atoms with van der Waals surface area (Å²) in [6.07, 6.45) is 8.44. The molecule has 0 aromatic carbocycles. The first-order valence-electron chi connectivity index (χ1n) is 5.46. The Kier molecular flexibility index (Phi) is 2.06. The van der Waals surface area contributed by atoms with Gasteiger partial charge in [-0.25, -0.2) is 0 Å². The van der Waals surface area contributed by atoms with Gasteiger partial charge in [0.2, 0.25) is 0 Å². The van der Waals surface area contributed by atoms with E-state index in [1.54, 1.807) is 0 Å². The minimum absolute atomic E-state index is 0.551. The second-order valence-corrected chi connectivity index (χ2v) is 4.80. The monoisotopic (exact) mass is 210 g/mol. The topological polar surface area (TPSA) is 27.8 Å². The molecule has 1 aromatic rings. The van der Waals surface area contributed by atoms with Gasteiger partial charge in [0, 0.05) is 18.3 Å². The fourth-order valence-electron chi connectivity index (χ4n) is 2.35. The summed E-state index contributed by atoms with van der Waals surface area (Å²) in [6, 6.07) is 1.33. The van der Waals surface area contributed by atoms with Gasteiger partial charge in [0.25, 0.3) is 0 Å². The molecule has 0 amide bonds. The van der Waals surface area contributed by atoms with Gasteiger partial charge in [0.1, 0.15) is 5.15 Å². The number of aromatic amines is 1. The average Bonchev–Trinajstić information content (AvgIpc) is 2.92. The van der Waals surface area contributed by atoms with Crippen LogP contribution in [0.25, 0.3) is 0 Å². The lowest BCUT2D eigenvalue weighted by molar-refractivity contribution is 0.459. The van der Waals surface area contributed by atoms with Crippen LogP contribution in [0.15, 0.2) is 6.20 Å². The summed E-state index contributed by atoms with van der Waals surface area (Å²) in [5.41, 5.74) is 2.75. The maximum absolute atomic E-state index is 6.09. The first kappa shape index (κ1) is 8.81. The molecular weight excluding hydrogens is 196 g/mol. The smallest absolute Gasteiger partial charge is 0.109 e. The molecular formula is C11H15ClN2. The molecule has 1 unspecified atom stereocenters. The van der Waals surface area contributed by atoms with Crippen molar-refractivity contribution >= 4 is 11.6 Å². The number of hydrogen-bond acceptors (Lipinski definition) is 1. The maximum Gasteiger partial charge on any atom is 0.109 e. The largest absolute Gasteiger partial charge is 0.352 e. The summed E-state index contributed by atoms with van der Waals surface area (Å²) < 4.78 is 0. The van der Waals surface area contributed by atoms with E-state index in [4.69, 9.17) is 11.6 Å². The van der Waals surface area contributed by atoms with E-state index in [-0.39, 0.29) is 0 Å². The van der Waals surface area contributed by atoms with E-state index in [0.29, 0.717) is 6.04 Å². The van der Waals surface area contributed by atoms with E-state index in [1.807, 2.05) is 0 Å². The Labute approximate surface area is 89.0 Å². The minimum Gasteiger partial charge on any atom is -0.352 e. The molecule has 3 rings (SSSR count). The Balaban J connectivity index is 1.86. The van der Waals surface area contributed by atoms with Crippen LogP contribution in [0.5, 0.6) is 0 Å². The molecule has 1 heterocycles. The highest BCUT2D eigenvalue weighted by molar-refractivity contribution is 6.30. The summed E-state index contributed by atoms with van der Waals surface area (Å²) in [5, 5.41) is 4.53. The van der Waals surface area contributed by atoms with Gasteiger partial charge in [0.15, 0.2) is 0 Å². The summed E-state index contributed by atoms with van der Waals surface area (Å²) in [6.45, 7) is 0. The van der Waals surface area contributed by atoms with E-state index in [1.165, 1.54) is 36.8 Å². The normalized spacial score (nSPS) is 26.2. The van der Waals surface area contributed by atoms with Gasteiger partial charge < -0.3 is 10.3 Å². The van der Waals surface area contributed by atoms with Gasteiger partial charge in [-0.2, -0.15) is 0 Å². The molecule has 3 heteroatoms. The van der Waals surface area contributed by atoms with Crippen LogP contribution in [-0.2, 0) is 6.42 Å². The molecule has 1 fully saturated rings. The number of hydrogen-bond donors (Lipinski definition) is 2. The fourth-order valence-corrected chi connectivity index (χ4v) is 2.61. The Morgan fingerprint density at radius 2 is 2.21 bits per heavy atom. The molecule has 0 spiro atoms. The van der Waals surface area contributed by atoms with Crippen LogP contribution in [-0.4, -0.2) is 11.0 Å². The lowest BCUT2D eigenvalue weighted by atomic mass is 9.91. The first-order valence-corrected chi connectivity index (χ1v) is 5.84. The van der Waals surface area contributed by atoms with Crippen LogP contribution < -0.4 is 5.32 Å². The van der Waals surface area contributed by atoms with Gasteiger partial charge in [-0.1, -0.05) is 11.6 Å². The van der Waals surface area contributed by atoms with Crippen molar-refractivity contribution in [1.82, 2.24) is 10.3 Å². The summed E-state index contributed by atoms with van der Waals surface area (Å²) >= 11 is 6.09. The Bertz CT molecular complexity index is 341. The second kappa shape index (κ2) is 3.28. The van der Waals surface area contributed by atoms with E-state index < -0.39 is 0 Å². The molecule has 2 nitrogen and oxygen atoms in total. The van der Waals surface area contributed by atoms with Crippen molar-refractivity contribution < 1.29 is 0 Å². The number of nitrogens with one attached hydrogen (secondary N) is 2. The van der Waals surface area contributed by atoms with Crippen LogP contribution >= 0.6 is 11.6 Å². The highest BCUT2D eigenvalue weighted by Gasteiger charge is 2.29. The molecule has 76 valence electrons. The zero-order chi connectivity index (χ0) is 9.54. The van der Waals surface area contributed by atoms with E-state index in [9.17, 15) is 0 Å². The van der Waals surface area contributed by atoms with Crippen LogP contribution in [0.4, 0.5) is 0 Å². The maximum atomic E-state index is 6.09. The molecule has 1 atom stereocenters. The van der Waals surface area contributed by atoms with Crippen LogP contribution in [0.2, 0.25) is 5.15 Å². The third-order valence-electron chi connectivity index (χ3n) is 3.28. The summed E-state index contributed by atoms with van der Waals surface area (Å²) in [4.78, 5) is 3.13. The zero-order valence-electron chi connectivity index (χ0n) is 8.15. The molecule has 1 aromatic heterocycles. The van der Waals surface area contributed by atoms with Crippen LogP contribution in [0.1, 0.15) is 42.9 Å². The van der Waals surface area contributed by atoms with Crippen LogP contribution in [0.3, 0.4) is 0 Å². The molecule has 2 N–H and O–H groups in total. The molecule has 2 aliphatic carbocycles. The van der Waals surface area contributed by atoms with Crippen molar-refractivity contribution in [3.63, 3.8) is 0 Å². The second-order valence-electron chi connectivity index (χ2n) is 4.42. The van der Waals surface area contributed by atoms with E-state index >= 15 is 0 Å². The van der Waals surface area contributed by atoms with E-state index in [0.717, 1.165) is 17.6 Å². The minimum atomic E-state index is 0.551. The Hall–Kier alpha value is -0.470. The molecule has 0 saturated heterocycles. The highest BCUT2D eigenvalue weighted by Crippen LogP contribution is 2.35. The Morgan fingerprint density at radius 1 is 1.36 bits per heavy atom. The van der Waals surface area contributed by atoms with Gasteiger partial charge in [-0.05, 0) is 43.2 Å². The van der Waals surface area contributed by atoms with Crippen molar-refractivity contribution in [3.8, 4) is 0 Å². The molecule has 0 bridgehead atoms. The molecule has 14 heavy (non-hydrogen) atoms. The van der Waals surface area contributed by atoms with Gasteiger partial charge in [0.05, 0.1) is 0 Å². The summed E-state index contributed by atoms with van der Waals surface area (Å²) in [5.74, 6) is 0. The van der Waals surface area contributed by atoms with Gasteiger partial charge in [-0.15, -0.1) is 0 Å². The van der Waals surface area contributed by atoms with Crippen molar-refractivity contribution in [3.05, 3.63) is 22.5 Å². The average molecular weight is 211 g/mol. The lowest BCUT2D eigenvalue weighted by Crippen LogP contribution is -2.26. The molecule has 0 radical (unpaired) electrons. The summed E-state index contributed by atoms with van der Waals surface area (Å²) in [7, 11) is 0. The van der Waals surface area contributed by atoms with Crippen molar-refractivity contribution in [2.75, 3.05) is 0 Å². The zero-order valence-corrected chi connectivity index (χ0v) is 8.90. The van der Waals surface area contributed by atoms with E-state index in [2.05, 4.69) is 16.5 Å². The SMILES string of the molecule is Clc1[nH]cc2c1CCCC2NC1CC1. The number of H-pyrrole nitrogens is 1. The lowest BCUT2D eigenvalue weighted by Gasteiger charge is -2.23. The Morgan fingerprint density at radius 3 is 3.00 bits per heavy atom. The van der Waals surface area contributed by atoms with Crippen molar-refractivity contribution in [1.29, 1.82) is 0 Å². The fraction of sp³-hybridized carbons (Fsp3) is 0.636. The standard InChI is InChI=1S/C11H15ClN2/c12-11-8-2-1-3-10(9(8)6-13-11)14-7-4-5-7/h6-7,10,13-14H,1-5H2.